The van der Waals surface area contributed by atoms with E-state index in [1.165, 1.54) is 0 Å². The largest absolute Gasteiger partial charge is 0.437 e. The number of hydrogen-bond acceptors (Lipinski definition) is 2. The third-order valence-electron chi connectivity index (χ3n) is 4.92. The van der Waals surface area contributed by atoms with Crippen molar-refractivity contribution in [1.82, 2.24) is 4.98 Å². The van der Waals surface area contributed by atoms with Crippen molar-refractivity contribution in [2.45, 2.75) is 40.4 Å². The van der Waals surface area contributed by atoms with Gasteiger partial charge in [0.2, 0.25) is 11.4 Å². The lowest BCUT2D eigenvalue weighted by atomic mass is 9.94. The van der Waals surface area contributed by atoms with Crippen LogP contribution in [-0.2, 0) is 7.05 Å². The van der Waals surface area contributed by atoms with E-state index in [1.54, 1.807) is 20.0 Å². The number of aromatic nitrogens is 2. The standard InChI is InChI=1S/C23H25N2O/c1-13(2)19-11-20(25(6)12-15(19)4)21-14(3)7-9-17-18-10-8-16(5)24-23(18)26-22(17)21/h7-13H,1-6H3/q+1/i4D3,13D. The first-order valence-corrected chi connectivity index (χ1v) is 8.72. The third kappa shape index (κ3) is 2.50. The van der Waals surface area contributed by atoms with Crippen LogP contribution in [0.2, 0.25) is 0 Å². The quantitative estimate of drug-likeness (QED) is 0.446. The predicted octanol–water partition coefficient (Wildman–Crippen LogP) is 5.52. The number of aryl methyl sites for hydroxylation is 4. The third-order valence-corrected chi connectivity index (χ3v) is 4.92. The SMILES string of the molecule is [2H]C([2H])([2H])c1c[n+](C)c(-c2c(C)ccc3c2oc2nc(C)ccc23)cc1C([2H])(C)C. The van der Waals surface area contributed by atoms with E-state index in [0.717, 1.165) is 33.3 Å². The van der Waals surface area contributed by atoms with Crippen molar-refractivity contribution in [2.24, 2.45) is 7.05 Å². The molecule has 0 radical (unpaired) electrons. The molecule has 1 aromatic carbocycles. The zero-order valence-corrected chi connectivity index (χ0v) is 15.8. The van der Waals surface area contributed by atoms with E-state index in [1.807, 2.05) is 55.8 Å². The number of hydrogen-bond donors (Lipinski definition) is 0. The summed E-state index contributed by atoms with van der Waals surface area (Å²) in [5.74, 6) is -1.07. The highest BCUT2D eigenvalue weighted by Crippen LogP contribution is 2.37. The highest BCUT2D eigenvalue weighted by Gasteiger charge is 2.23. The minimum absolute atomic E-state index is 0.195. The summed E-state index contributed by atoms with van der Waals surface area (Å²) in [5, 5.41) is 1.91. The van der Waals surface area contributed by atoms with E-state index in [0.29, 0.717) is 16.9 Å². The van der Waals surface area contributed by atoms with Gasteiger partial charge >= 0.3 is 0 Å². The molecule has 0 spiro atoms. The van der Waals surface area contributed by atoms with Crippen LogP contribution >= 0.6 is 0 Å². The average Bonchev–Trinajstić information content (AvgIpc) is 2.97. The van der Waals surface area contributed by atoms with Crippen molar-refractivity contribution in [3.8, 4) is 11.3 Å². The first kappa shape index (κ1) is 12.6. The fourth-order valence-electron chi connectivity index (χ4n) is 3.54. The summed E-state index contributed by atoms with van der Waals surface area (Å²) in [5.41, 5.74) is 5.55. The molecular formula is C23H25N2O+. The Morgan fingerprint density at radius 1 is 1.12 bits per heavy atom. The Hall–Kier alpha value is -2.68. The van der Waals surface area contributed by atoms with Crippen LogP contribution < -0.4 is 4.57 Å². The zero-order valence-electron chi connectivity index (χ0n) is 19.8. The Morgan fingerprint density at radius 3 is 2.62 bits per heavy atom. The van der Waals surface area contributed by atoms with Gasteiger partial charge in [0.25, 0.3) is 0 Å². The molecule has 0 fully saturated rings. The summed E-state index contributed by atoms with van der Waals surface area (Å²) in [6, 6.07) is 9.86. The maximum Gasteiger partial charge on any atom is 0.227 e. The van der Waals surface area contributed by atoms with Gasteiger partial charge in [0.05, 0.1) is 5.56 Å². The molecule has 0 N–H and O–H groups in total. The molecule has 0 saturated carbocycles. The lowest BCUT2D eigenvalue weighted by Crippen LogP contribution is -2.32. The fraction of sp³-hybridized carbons (Fsp3) is 0.304. The average molecular weight is 349 g/mol. The van der Waals surface area contributed by atoms with Gasteiger partial charge in [-0.1, -0.05) is 26.0 Å². The Kier molecular flexibility index (Phi) is 2.89. The molecule has 0 bridgehead atoms. The van der Waals surface area contributed by atoms with E-state index < -0.39 is 12.7 Å². The molecule has 0 aliphatic carbocycles. The maximum absolute atomic E-state index is 8.56. The molecule has 3 nitrogen and oxygen atoms in total. The second-order valence-corrected chi connectivity index (χ2v) is 7.14. The van der Waals surface area contributed by atoms with Gasteiger partial charge in [-0.25, -0.2) is 9.55 Å². The van der Waals surface area contributed by atoms with E-state index in [4.69, 9.17) is 9.90 Å². The highest BCUT2D eigenvalue weighted by molar-refractivity contribution is 6.08. The molecular weight excluding hydrogens is 320 g/mol. The molecule has 26 heavy (non-hydrogen) atoms. The van der Waals surface area contributed by atoms with Gasteiger partial charge < -0.3 is 4.42 Å². The van der Waals surface area contributed by atoms with E-state index in [-0.39, 0.29) is 5.56 Å². The predicted molar refractivity (Wildman–Crippen MR) is 106 cm³/mol. The van der Waals surface area contributed by atoms with Crippen molar-refractivity contribution < 1.29 is 14.5 Å². The number of pyridine rings is 2. The fourth-order valence-corrected chi connectivity index (χ4v) is 3.54. The summed E-state index contributed by atoms with van der Waals surface area (Å²) in [4.78, 5) is 4.53. The summed E-state index contributed by atoms with van der Waals surface area (Å²) >= 11 is 0. The van der Waals surface area contributed by atoms with Crippen LogP contribution in [0.15, 0.2) is 40.9 Å². The van der Waals surface area contributed by atoms with Crippen molar-refractivity contribution in [2.75, 3.05) is 0 Å². The van der Waals surface area contributed by atoms with Crippen LogP contribution in [0.5, 0.6) is 0 Å². The summed E-state index contributed by atoms with van der Waals surface area (Å²) < 4.78 is 40.4. The number of furan rings is 1. The zero-order chi connectivity index (χ0) is 22.0. The molecule has 132 valence electrons. The van der Waals surface area contributed by atoms with Crippen LogP contribution in [-0.4, -0.2) is 4.98 Å². The molecule has 0 aliphatic rings. The lowest BCUT2D eigenvalue weighted by Gasteiger charge is -2.12. The molecule has 0 unspecified atom stereocenters. The number of rotatable bonds is 2. The van der Waals surface area contributed by atoms with Crippen molar-refractivity contribution >= 4 is 22.1 Å². The molecule has 4 aromatic rings. The number of fused-ring (bicyclic) bond motifs is 3. The summed E-state index contributed by atoms with van der Waals surface area (Å²) in [7, 11) is 1.83. The molecule has 3 heteroatoms. The van der Waals surface area contributed by atoms with Gasteiger partial charge in [0.15, 0.2) is 11.8 Å². The number of benzene rings is 1. The van der Waals surface area contributed by atoms with E-state index in [2.05, 4.69) is 4.98 Å². The van der Waals surface area contributed by atoms with Crippen LogP contribution in [0.1, 0.15) is 47.6 Å². The van der Waals surface area contributed by atoms with Crippen molar-refractivity contribution in [3.05, 3.63) is 58.9 Å². The molecule has 3 aromatic heterocycles. The monoisotopic (exact) mass is 349 g/mol. The van der Waals surface area contributed by atoms with Crippen molar-refractivity contribution in [1.29, 1.82) is 0 Å². The Morgan fingerprint density at radius 2 is 1.88 bits per heavy atom. The molecule has 4 rings (SSSR count). The summed E-state index contributed by atoms with van der Waals surface area (Å²) in [6.45, 7) is 5.05. The lowest BCUT2D eigenvalue weighted by molar-refractivity contribution is -0.660. The van der Waals surface area contributed by atoms with Crippen LogP contribution in [0.25, 0.3) is 33.3 Å². The Labute approximate surface area is 159 Å². The molecule has 0 atom stereocenters. The van der Waals surface area contributed by atoms with Gasteiger partial charge in [-0.15, -0.1) is 0 Å². The van der Waals surface area contributed by atoms with Gasteiger partial charge in [0.1, 0.15) is 7.05 Å². The first-order valence-electron chi connectivity index (χ1n) is 10.7. The minimum Gasteiger partial charge on any atom is -0.437 e. The van der Waals surface area contributed by atoms with Crippen LogP contribution in [0.4, 0.5) is 0 Å². The second-order valence-electron chi connectivity index (χ2n) is 7.14. The highest BCUT2D eigenvalue weighted by atomic mass is 16.3. The van der Waals surface area contributed by atoms with E-state index in [9.17, 15) is 0 Å². The second kappa shape index (κ2) is 5.94. The molecule has 0 amide bonds. The summed E-state index contributed by atoms with van der Waals surface area (Å²) in [6.07, 6.45) is 1.62. The first-order chi connectivity index (χ1) is 13.9. The Balaban J connectivity index is 2.10. The van der Waals surface area contributed by atoms with Crippen LogP contribution in [0, 0.1) is 20.7 Å². The normalized spacial score (nSPS) is 15.0. The topological polar surface area (TPSA) is 29.9 Å². The molecule has 0 saturated heterocycles. The number of nitrogens with zero attached hydrogens (tertiary/aromatic N) is 2. The van der Waals surface area contributed by atoms with Crippen LogP contribution in [0.3, 0.4) is 0 Å². The smallest absolute Gasteiger partial charge is 0.227 e. The van der Waals surface area contributed by atoms with Gasteiger partial charge in [0, 0.05) is 33.6 Å². The van der Waals surface area contributed by atoms with E-state index >= 15 is 0 Å². The molecule has 3 heterocycles. The minimum atomic E-state index is -2.30. The molecule has 0 aliphatic heterocycles. The van der Waals surface area contributed by atoms with Crippen molar-refractivity contribution in [3.63, 3.8) is 0 Å². The maximum atomic E-state index is 8.56. The Bertz CT molecular complexity index is 1300. The van der Waals surface area contributed by atoms with Gasteiger partial charge in [-0.3, -0.25) is 0 Å². The van der Waals surface area contributed by atoms with Gasteiger partial charge in [-0.2, -0.15) is 0 Å². The van der Waals surface area contributed by atoms with Gasteiger partial charge in [-0.05, 0) is 49.9 Å².